The molecule has 0 aliphatic rings. The first-order valence-corrected chi connectivity index (χ1v) is 8.69. The molecular weight excluding hydrogens is 340 g/mol. The van der Waals surface area contributed by atoms with Crippen LogP contribution < -0.4 is 20.7 Å². The van der Waals surface area contributed by atoms with Gasteiger partial charge in [-0.05, 0) is 42.3 Å². The fraction of sp³-hybridized carbons (Fsp3) is 0.143. The molecule has 3 aromatic rings. The van der Waals surface area contributed by atoms with E-state index >= 15 is 0 Å². The number of aromatic nitrogens is 1. The maximum absolute atomic E-state index is 12.0. The van der Waals surface area contributed by atoms with Gasteiger partial charge in [-0.2, -0.15) is 0 Å². The van der Waals surface area contributed by atoms with Crippen molar-refractivity contribution in [3.8, 4) is 5.75 Å². The lowest BCUT2D eigenvalue weighted by atomic mass is 10.1. The van der Waals surface area contributed by atoms with Crippen LogP contribution in [-0.2, 0) is 6.42 Å². The molecule has 0 fully saturated rings. The molecule has 0 unspecified atom stereocenters. The van der Waals surface area contributed by atoms with Gasteiger partial charge in [0.2, 0.25) is 0 Å². The van der Waals surface area contributed by atoms with Crippen molar-refractivity contribution in [2.24, 2.45) is 0 Å². The Morgan fingerprint density at radius 3 is 2.41 bits per heavy atom. The summed E-state index contributed by atoms with van der Waals surface area (Å²) in [7, 11) is 1.67. The van der Waals surface area contributed by atoms with Crippen LogP contribution in [0.15, 0.2) is 72.9 Å². The van der Waals surface area contributed by atoms with E-state index in [1.165, 1.54) is 0 Å². The first-order chi connectivity index (χ1) is 13.2. The van der Waals surface area contributed by atoms with Crippen molar-refractivity contribution in [3.63, 3.8) is 0 Å². The number of hydrogen-bond acceptors (Lipinski definition) is 4. The minimum Gasteiger partial charge on any atom is -0.496 e. The molecule has 0 radical (unpaired) electrons. The average molecular weight is 362 g/mol. The fourth-order valence-corrected chi connectivity index (χ4v) is 2.62. The summed E-state index contributed by atoms with van der Waals surface area (Å²) in [6.45, 7) is 0.731. The Bertz CT molecular complexity index is 867. The van der Waals surface area contributed by atoms with E-state index in [4.69, 9.17) is 4.74 Å². The number of anilines is 3. The number of amides is 2. The SMILES string of the molecule is COc1ccccc1CCNc1ccc(NC(=O)Nc2ccccc2)cn1. The lowest BCUT2D eigenvalue weighted by Crippen LogP contribution is -2.19. The molecule has 2 amide bonds. The molecule has 6 nitrogen and oxygen atoms in total. The number of rotatable bonds is 7. The summed E-state index contributed by atoms with van der Waals surface area (Å²) < 4.78 is 5.35. The van der Waals surface area contributed by atoms with Crippen molar-refractivity contribution in [1.29, 1.82) is 0 Å². The van der Waals surface area contributed by atoms with Crippen LogP contribution in [0.4, 0.5) is 22.0 Å². The van der Waals surface area contributed by atoms with Crippen LogP contribution in [0.2, 0.25) is 0 Å². The van der Waals surface area contributed by atoms with Crippen molar-refractivity contribution in [2.45, 2.75) is 6.42 Å². The van der Waals surface area contributed by atoms with E-state index < -0.39 is 0 Å². The molecule has 0 aliphatic heterocycles. The monoisotopic (exact) mass is 362 g/mol. The number of methoxy groups -OCH3 is 1. The standard InChI is InChI=1S/C21H22N4O2/c1-27-19-10-6-5-7-16(19)13-14-22-20-12-11-18(15-23-20)25-21(26)24-17-8-3-2-4-9-17/h2-12,15H,13-14H2,1H3,(H,22,23)(H2,24,25,26). The highest BCUT2D eigenvalue weighted by molar-refractivity contribution is 5.99. The number of hydrogen-bond donors (Lipinski definition) is 3. The summed E-state index contributed by atoms with van der Waals surface area (Å²) in [5.74, 6) is 1.63. The van der Waals surface area contributed by atoms with Gasteiger partial charge in [0, 0.05) is 12.2 Å². The Hall–Kier alpha value is -3.54. The number of urea groups is 1. The molecule has 1 aromatic heterocycles. The summed E-state index contributed by atoms with van der Waals surface area (Å²) in [6.07, 6.45) is 2.45. The van der Waals surface area contributed by atoms with E-state index in [9.17, 15) is 4.79 Å². The van der Waals surface area contributed by atoms with Gasteiger partial charge in [-0.3, -0.25) is 0 Å². The summed E-state index contributed by atoms with van der Waals surface area (Å²) in [5, 5.41) is 8.79. The average Bonchev–Trinajstić information content (AvgIpc) is 2.70. The van der Waals surface area contributed by atoms with E-state index in [-0.39, 0.29) is 6.03 Å². The first kappa shape index (κ1) is 18.3. The van der Waals surface area contributed by atoms with E-state index in [0.29, 0.717) is 5.69 Å². The van der Waals surface area contributed by atoms with Crippen molar-refractivity contribution in [2.75, 3.05) is 29.6 Å². The van der Waals surface area contributed by atoms with Gasteiger partial charge < -0.3 is 20.7 Å². The lowest BCUT2D eigenvalue weighted by Gasteiger charge is -2.10. The van der Waals surface area contributed by atoms with Gasteiger partial charge in [0.25, 0.3) is 0 Å². The van der Waals surface area contributed by atoms with Crippen LogP contribution in [0, 0.1) is 0 Å². The molecule has 0 saturated heterocycles. The smallest absolute Gasteiger partial charge is 0.323 e. The minimum absolute atomic E-state index is 0.306. The Labute approximate surface area is 158 Å². The highest BCUT2D eigenvalue weighted by atomic mass is 16.5. The molecule has 1 heterocycles. The summed E-state index contributed by atoms with van der Waals surface area (Å²) in [6, 6.07) is 20.6. The summed E-state index contributed by atoms with van der Waals surface area (Å²) in [4.78, 5) is 16.3. The van der Waals surface area contributed by atoms with Crippen molar-refractivity contribution >= 4 is 23.2 Å². The Kier molecular flexibility index (Phi) is 6.25. The van der Waals surface area contributed by atoms with Crippen molar-refractivity contribution < 1.29 is 9.53 Å². The zero-order valence-corrected chi connectivity index (χ0v) is 15.1. The number of benzene rings is 2. The van der Waals surface area contributed by atoms with Gasteiger partial charge in [-0.15, -0.1) is 0 Å². The van der Waals surface area contributed by atoms with Crippen LogP contribution in [0.5, 0.6) is 5.75 Å². The number of para-hydroxylation sites is 2. The summed E-state index contributed by atoms with van der Waals surface area (Å²) >= 11 is 0. The fourth-order valence-electron chi connectivity index (χ4n) is 2.62. The molecule has 0 aliphatic carbocycles. The Balaban J connectivity index is 1.48. The molecule has 0 bridgehead atoms. The molecule has 0 saturated carbocycles. The lowest BCUT2D eigenvalue weighted by molar-refractivity contribution is 0.262. The van der Waals surface area contributed by atoms with Crippen LogP contribution in [0.25, 0.3) is 0 Å². The molecule has 6 heteroatoms. The first-order valence-electron chi connectivity index (χ1n) is 8.69. The van der Waals surface area contributed by atoms with Crippen LogP contribution in [0.1, 0.15) is 5.56 Å². The topological polar surface area (TPSA) is 75.3 Å². The molecule has 27 heavy (non-hydrogen) atoms. The number of carbonyl (C=O) groups excluding carboxylic acids is 1. The maximum atomic E-state index is 12.0. The highest BCUT2D eigenvalue weighted by Crippen LogP contribution is 2.18. The molecule has 3 rings (SSSR count). The van der Waals surface area contributed by atoms with Crippen molar-refractivity contribution in [1.82, 2.24) is 4.98 Å². The summed E-state index contributed by atoms with van der Waals surface area (Å²) in [5.41, 5.74) is 2.50. The molecular formula is C21H22N4O2. The number of nitrogens with one attached hydrogen (secondary N) is 3. The third-order valence-corrected chi connectivity index (χ3v) is 3.95. The third-order valence-electron chi connectivity index (χ3n) is 3.95. The predicted octanol–water partition coefficient (Wildman–Crippen LogP) is 4.39. The molecule has 2 aromatic carbocycles. The number of ether oxygens (including phenoxy) is 1. The van der Waals surface area contributed by atoms with Gasteiger partial charge in [-0.25, -0.2) is 9.78 Å². The van der Waals surface area contributed by atoms with Crippen molar-refractivity contribution in [3.05, 3.63) is 78.5 Å². The zero-order valence-electron chi connectivity index (χ0n) is 15.1. The number of nitrogens with zero attached hydrogens (tertiary/aromatic N) is 1. The zero-order chi connectivity index (χ0) is 18.9. The second kappa shape index (κ2) is 9.24. The minimum atomic E-state index is -0.306. The molecule has 138 valence electrons. The van der Waals surface area contributed by atoms with Gasteiger partial charge >= 0.3 is 6.03 Å². The van der Waals surface area contributed by atoms with Gasteiger partial charge in [0.15, 0.2) is 0 Å². The maximum Gasteiger partial charge on any atom is 0.323 e. The van der Waals surface area contributed by atoms with E-state index in [2.05, 4.69) is 20.9 Å². The van der Waals surface area contributed by atoms with Gasteiger partial charge in [0.1, 0.15) is 11.6 Å². The molecule has 0 spiro atoms. The van der Waals surface area contributed by atoms with Gasteiger partial charge in [0.05, 0.1) is 19.0 Å². The largest absolute Gasteiger partial charge is 0.496 e. The van der Waals surface area contributed by atoms with E-state index in [1.54, 1.807) is 13.3 Å². The molecule has 0 atom stereocenters. The van der Waals surface area contributed by atoms with E-state index in [1.807, 2.05) is 66.7 Å². The Morgan fingerprint density at radius 2 is 1.67 bits per heavy atom. The van der Waals surface area contributed by atoms with E-state index in [0.717, 1.165) is 35.8 Å². The predicted molar refractivity (Wildman–Crippen MR) is 109 cm³/mol. The molecule has 3 N–H and O–H groups in total. The van der Waals surface area contributed by atoms with Gasteiger partial charge in [-0.1, -0.05) is 36.4 Å². The second-order valence-electron chi connectivity index (χ2n) is 5.87. The van der Waals surface area contributed by atoms with Crippen LogP contribution in [0.3, 0.4) is 0 Å². The normalized spacial score (nSPS) is 10.1. The van der Waals surface area contributed by atoms with Crippen LogP contribution in [-0.4, -0.2) is 24.7 Å². The third kappa shape index (κ3) is 5.47. The second-order valence-corrected chi connectivity index (χ2v) is 5.87. The Morgan fingerprint density at radius 1 is 0.926 bits per heavy atom. The quantitative estimate of drug-likeness (QED) is 0.583. The van der Waals surface area contributed by atoms with Crippen LogP contribution >= 0.6 is 0 Å². The number of carbonyl (C=O) groups is 1. The number of pyridine rings is 1. The highest BCUT2D eigenvalue weighted by Gasteiger charge is 2.04.